The van der Waals surface area contributed by atoms with Gasteiger partial charge >= 0.3 is 0 Å². The van der Waals surface area contributed by atoms with Crippen molar-refractivity contribution in [1.82, 2.24) is 0 Å². The number of aryl methyl sites for hydroxylation is 1. The van der Waals surface area contributed by atoms with Crippen molar-refractivity contribution < 1.29 is 9.72 Å². The Morgan fingerprint density at radius 3 is 2.74 bits per heavy atom. The van der Waals surface area contributed by atoms with Crippen LogP contribution in [-0.2, 0) is 4.79 Å². The smallest absolute Gasteiger partial charge is 0.271 e. The second kappa shape index (κ2) is 4.97. The molecule has 1 fully saturated rings. The van der Waals surface area contributed by atoms with E-state index < -0.39 is 10.5 Å². The minimum Gasteiger partial charge on any atom is -0.326 e. The summed E-state index contributed by atoms with van der Waals surface area (Å²) >= 11 is 0. The third-order valence-corrected chi connectivity index (χ3v) is 3.57. The number of hydrogen-bond acceptors (Lipinski definition) is 4. The van der Waals surface area contributed by atoms with Crippen LogP contribution in [0.3, 0.4) is 0 Å². The molecule has 1 aliphatic rings. The molecule has 0 radical (unpaired) electrons. The second-order valence-electron chi connectivity index (χ2n) is 5.20. The van der Waals surface area contributed by atoms with E-state index in [0.29, 0.717) is 5.69 Å². The van der Waals surface area contributed by atoms with E-state index in [2.05, 4.69) is 5.32 Å². The molecule has 0 saturated heterocycles. The van der Waals surface area contributed by atoms with E-state index in [1.165, 1.54) is 12.1 Å². The van der Waals surface area contributed by atoms with Crippen molar-refractivity contribution in [3.63, 3.8) is 0 Å². The molecule has 0 atom stereocenters. The fourth-order valence-electron chi connectivity index (χ4n) is 2.18. The molecule has 6 heteroatoms. The zero-order chi connectivity index (χ0) is 14.0. The number of nitrogens with zero attached hydrogens (tertiary/aromatic N) is 1. The maximum absolute atomic E-state index is 11.9. The summed E-state index contributed by atoms with van der Waals surface area (Å²) in [5, 5.41) is 13.4. The van der Waals surface area contributed by atoms with Crippen molar-refractivity contribution in [2.45, 2.75) is 38.1 Å². The highest BCUT2D eigenvalue weighted by molar-refractivity contribution is 5.92. The van der Waals surface area contributed by atoms with E-state index >= 15 is 0 Å². The molecule has 1 aliphatic carbocycles. The van der Waals surface area contributed by atoms with Crippen LogP contribution in [0.15, 0.2) is 18.2 Å². The molecule has 102 valence electrons. The molecule has 0 aliphatic heterocycles. The van der Waals surface area contributed by atoms with Crippen molar-refractivity contribution in [3.8, 4) is 0 Å². The molecule has 0 spiro atoms. The number of nitrogens with one attached hydrogen (secondary N) is 1. The van der Waals surface area contributed by atoms with Gasteiger partial charge in [0.15, 0.2) is 0 Å². The highest BCUT2D eigenvalue weighted by atomic mass is 16.6. The molecule has 0 heterocycles. The summed E-state index contributed by atoms with van der Waals surface area (Å²) in [4.78, 5) is 22.1. The molecule has 1 amide bonds. The number of non-ortho nitro benzene ring substituents is 1. The monoisotopic (exact) mass is 263 g/mol. The quantitative estimate of drug-likeness (QED) is 0.642. The first kappa shape index (κ1) is 13.5. The van der Waals surface area contributed by atoms with Gasteiger partial charge in [0.1, 0.15) is 0 Å². The first-order valence-electron chi connectivity index (χ1n) is 6.23. The predicted octanol–water partition coefficient (Wildman–Crippen LogP) is 2.11. The second-order valence-corrected chi connectivity index (χ2v) is 5.20. The number of carbonyl (C=O) groups is 1. The van der Waals surface area contributed by atoms with Gasteiger partial charge in [0, 0.05) is 24.1 Å². The largest absolute Gasteiger partial charge is 0.326 e. The minimum atomic E-state index is -0.481. The van der Waals surface area contributed by atoms with Crippen molar-refractivity contribution in [1.29, 1.82) is 0 Å². The third-order valence-electron chi connectivity index (χ3n) is 3.57. The number of nitro benzene ring substituents is 1. The van der Waals surface area contributed by atoms with E-state index in [4.69, 9.17) is 5.73 Å². The normalized spacial score (nSPS) is 16.5. The molecule has 19 heavy (non-hydrogen) atoms. The van der Waals surface area contributed by atoms with Crippen LogP contribution >= 0.6 is 0 Å². The molecule has 2 rings (SSSR count). The molecule has 1 aromatic rings. The average molecular weight is 263 g/mol. The van der Waals surface area contributed by atoms with Crippen LogP contribution in [-0.4, -0.2) is 16.4 Å². The highest BCUT2D eigenvalue weighted by Gasteiger charge is 2.34. The Labute approximate surface area is 111 Å². The summed E-state index contributed by atoms with van der Waals surface area (Å²) < 4.78 is 0. The van der Waals surface area contributed by atoms with Crippen LogP contribution in [0.5, 0.6) is 0 Å². The lowest BCUT2D eigenvalue weighted by Crippen LogP contribution is -2.48. The summed E-state index contributed by atoms with van der Waals surface area (Å²) in [6, 6.07) is 4.41. The Kier molecular flexibility index (Phi) is 3.53. The summed E-state index contributed by atoms with van der Waals surface area (Å²) in [6.07, 6.45) is 3.03. The SMILES string of the molecule is Cc1ccc([N+](=O)[O-])cc1NC(=O)CC1(N)CCC1. The molecule has 1 saturated carbocycles. The first-order valence-corrected chi connectivity index (χ1v) is 6.23. The van der Waals surface area contributed by atoms with Crippen LogP contribution in [0, 0.1) is 17.0 Å². The number of hydrogen-bond donors (Lipinski definition) is 2. The van der Waals surface area contributed by atoms with E-state index in [9.17, 15) is 14.9 Å². The van der Waals surface area contributed by atoms with Gasteiger partial charge < -0.3 is 11.1 Å². The molecule has 6 nitrogen and oxygen atoms in total. The Bertz CT molecular complexity index is 524. The molecule has 0 unspecified atom stereocenters. The molecule has 3 N–H and O–H groups in total. The topological polar surface area (TPSA) is 98.3 Å². The summed E-state index contributed by atoms with van der Waals surface area (Å²) in [5.74, 6) is -0.189. The maximum Gasteiger partial charge on any atom is 0.271 e. The number of benzene rings is 1. The number of nitro groups is 1. The number of carbonyl (C=O) groups excluding carboxylic acids is 1. The van der Waals surface area contributed by atoms with Gasteiger partial charge in [-0.2, -0.15) is 0 Å². The van der Waals surface area contributed by atoms with Gasteiger partial charge in [-0.25, -0.2) is 0 Å². The number of amides is 1. The standard InChI is InChI=1S/C13H17N3O3/c1-9-3-4-10(16(18)19)7-11(9)15-12(17)8-13(14)5-2-6-13/h3-4,7H,2,5-6,8,14H2,1H3,(H,15,17). The Hall–Kier alpha value is -1.95. The van der Waals surface area contributed by atoms with Crippen LogP contribution in [0.25, 0.3) is 0 Å². The lowest BCUT2D eigenvalue weighted by Gasteiger charge is -2.37. The molecule has 0 aromatic heterocycles. The summed E-state index contributed by atoms with van der Waals surface area (Å²) in [5.41, 5.74) is 6.84. The van der Waals surface area contributed by atoms with Gasteiger partial charge in [-0.3, -0.25) is 14.9 Å². The fraction of sp³-hybridized carbons (Fsp3) is 0.462. The number of nitrogens with two attached hydrogens (primary N) is 1. The zero-order valence-electron chi connectivity index (χ0n) is 10.8. The number of rotatable bonds is 4. The number of anilines is 1. The minimum absolute atomic E-state index is 0.0352. The molecular formula is C13H17N3O3. The maximum atomic E-state index is 11.9. The van der Waals surface area contributed by atoms with Crippen molar-refractivity contribution in [2.24, 2.45) is 5.73 Å². The molecule has 1 aromatic carbocycles. The zero-order valence-corrected chi connectivity index (χ0v) is 10.8. The van der Waals surface area contributed by atoms with Crippen molar-refractivity contribution in [2.75, 3.05) is 5.32 Å². The molecular weight excluding hydrogens is 246 g/mol. The van der Waals surface area contributed by atoms with Crippen molar-refractivity contribution in [3.05, 3.63) is 33.9 Å². The Morgan fingerprint density at radius 1 is 1.53 bits per heavy atom. The van der Waals surface area contributed by atoms with Gasteiger partial charge in [0.25, 0.3) is 5.69 Å². The van der Waals surface area contributed by atoms with Gasteiger partial charge in [-0.1, -0.05) is 6.07 Å². The van der Waals surface area contributed by atoms with Gasteiger partial charge in [0.2, 0.25) is 5.91 Å². The molecule has 0 bridgehead atoms. The summed E-state index contributed by atoms with van der Waals surface area (Å²) in [6.45, 7) is 1.79. The third kappa shape index (κ3) is 3.08. The van der Waals surface area contributed by atoms with Gasteiger partial charge in [-0.05, 0) is 31.7 Å². The Balaban J connectivity index is 2.07. The van der Waals surface area contributed by atoms with E-state index in [1.807, 2.05) is 0 Å². The Morgan fingerprint density at radius 2 is 2.21 bits per heavy atom. The predicted molar refractivity (Wildman–Crippen MR) is 71.8 cm³/mol. The lowest BCUT2D eigenvalue weighted by molar-refractivity contribution is -0.384. The van der Waals surface area contributed by atoms with E-state index in [-0.39, 0.29) is 18.0 Å². The first-order chi connectivity index (χ1) is 8.89. The fourth-order valence-corrected chi connectivity index (χ4v) is 2.18. The van der Waals surface area contributed by atoms with Crippen LogP contribution in [0.4, 0.5) is 11.4 Å². The average Bonchev–Trinajstić information content (AvgIpc) is 2.29. The van der Waals surface area contributed by atoms with Gasteiger partial charge in [-0.15, -0.1) is 0 Å². The summed E-state index contributed by atoms with van der Waals surface area (Å²) in [7, 11) is 0. The lowest BCUT2D eigenvalue weighted by atomic mass is 9.75. The van der Waals surface area contributed by atoms with Crippen molar-refractivity contribution >= 4 is 17.3 Å². The van der Waals surface area contributed by atoms with Crippen LogP contribution < -0.4 is 11.1 Å². The van der Waals surface area contributed by atoms with E-state index in [0.717, 1.165) is 24.8 Å². The highest BCUT2D eigenvalue weighted by Crippen LogP contribution is 2.32. The van der Waals surface area contributed by atoms with Crippen LogP contribution in [0.2, 0.25) is 0 Å². The van der Waals surface area contributed by atoms with E-state index in [1.54, 1.807) is 13.0 Å². The van der Waals surface area contributed by atoms with Gasteiger partial charge in [0.05, 0.1) is 10.6 Å². The van der Waals surface area contributed by atoms with Crippen LogP contribution in [0.1, 0.15) is 31.2 Å².